The third-order valence-corrected chi connectivity index (χ3v) is 4.20. The van der Waals surface area contributed by atoms with Gasteiger partial charge in [0, 0.05) is 17.4 Å². The molecule has 0 aliphatic carbocycles. The first-order chi connectivity index (χ1) is 9.61. The summed E-state index contributed by atoms with van der Waals surface area (Å²) in [5.41, 5.74) is 0.893. The van der Waals surface area contributed by atoms with E-state index < -0.39 is 12.1 Å². The largest absolute Gasteiger partial charge is 0.488 e. The van der Waals surface area contributed by atoms with Gasteiger partial charge in [-0.25, -0.2) is 4.79 Å². The highest BCUT2D eigenvalue weighted by Crippen LogP contribution is 2.33. The van der Waals surface area contributed by atoms with Gasteiger partial charge >= 0.3 is 5.97 Å². The maximum absolute atomic E-state index is 10.9. The van der Waals surface area contributed by atoms with Gasteiger partial charge in [-0.2, -0.15) is 0 Å². The fraction of sp³-hybridized carbons (Fsp3) is 0.214. The van der Waals surface area contributed by atoms with Crippen LogP contribution < -0.4 is 9.47 Å². The summed E-state index contributed by atoms with van der Waals surface area (Å²) in [7, 11) is 0. The van der Waals surface area contributed by atoms with Crippen molar-refractivity contribution in [1.82, 2.24) is 0 Å². The zero-order chi connectivity index (χ0) is 14.1. The van der Waals surface area contributed by atoms with Crippen LogP contribution in [0.15, 0.2) is 30.3 Å². The molecule has 3 rings (SSSR count). The summed E-state index contributed by atoms with van der Waals surface area (Å²) in [6, 6.07) is 9.13. The van der Waals surface area contributed by atoms with Gasteiger partial charge in [0.05, 0.1) is 4.34 Å². The van der Waals surface area contributed by atoms with Crippen molar-refractivity contribution < 1.29 is 19.4 Å². The molecule has 104 valence electrons. The van der Waals surface area contributed by atoms with Crippen molar-refractivity contribution >= 4 is 28.9 Å². The summed E-state index contributed by atoms with van der Waals surface area (Å²) in [4.78, 5) is 11.9. The average molecular weight is 311 g/mol. The molecular formula is C14H11ClO4S. The first kappa shape index (κ1) is 13.3. The number of halogens is 1. The molecule has 1 aliphatic heterocycles. The minimum absolute atomic E-state index is 0.394. The predicted molar refractivity (Wildman–Crippen MR) is 75.9 cm³/mol. The van der Waals surface area contributed by atoms with Gasteiger partial charge in [-0.3, -0.25) is 0 Å². The number of carbonyl (C=O) groups is 1. The topological polar surface area (TPSA) is 55.8 Å². The molecule has 0 amide bonds. The van der Waals surface area contributed by atoms with E-state index in [-0.39, 0.29) is 0 Å². The Morgan fingerprint density at radius 2 is 2.30 bits per heavy atom. The lowest BCUT2D eigenvalue weighted by Gasteiger charge is -2.07. The van der Waals surface area contributed by atoms with Crippen molar-refractivity contribution in [2.45, 2.75) is 19.1 Å². The molecule has 1 aliphatic rings. The standard InChI is InChI=1S/C14H11ClO4S/c15-13-4-3-10(20-13)7-18-9-2-1-8-5-12(14(16)17)19-11(8)6-9/h1-4,6,12H,5,7H2,(H,16,17). The lowest BCUT2D eigenvalue weighted by atomic mass is 10.1. The van der Waals surface area contributed by atoms with Crippen molar-refractivity contribution in [2.75, 3.05) is 0 Å². The lowest BCUT2D eigenvalue weighted by molar-refractivity contribution is -0.144. The number of fused-ring (bicyclic) bond motifs is 1. The van der Waals surface area contributed by atoms with Gasteiger partial charge in [0.2, 0.25) is 0 Å². The predicted octanol–water partition coefficient (Wildman–Crippen LogP) is 3.37. The molecule has 6 heteroatoms. The summed E-state index contributed by atoms with van der Waals surface area (Å²) in [6.45, 7) is 0.429. The number of benzene rings is 1. The first-order valence-electron chi connectivity index (χ1n) is 6.01. The van der Waals surface area contributed by atoms with E-state index in [9.17, 15) is 4.79 Å². The summed E-state index contributed by atoms with van der Waals surface area (Å²) in [6.07, 6.45) is -0.401. The summed E-state index contributed by atoms with van der Waals surface area (Å²) in [5, 5.41) is 8.94. The van der Waals surface area contributed by atoms with Crippen LogP contribution in [0.2, 0.25) is 4.34 Å². The molecule has 0 bridgehead atoms. The van der Waals surface area contributed by atoms with Gasteiger partial charge in [-0.05, 0) is 23.8 Å². The Kier molecular flexibility index (Phi) is 3.54. The van der Waals surface area contributed by atoms with Crippen molar-refractivity contribution in [1.29, 1.82) is 0 Å². The number of rotatable bonds is 4. The number of carboxylic acids is 1. The fourth-order valence-corrected chi connectivity index (χ4v) is 3.02. The molecule has 0 saturated carbocycles. The zero-order valence-electron chi connectivity index (χ0n) is 10.3. The van der Waals surface area contributed by atoms with E-state index in [4.69, 9.17) is 26.2 Å². The number of ether oxygens (including phenoxy) is 2. The SMILES string of the molecule is O=C(O)C1Cc2ccc(OCc3ccc(Cl)s3)cc2O1. The van der Waals surface area contributed by atoms with Crippen LogP contribution in [-0.2, 0) is 17.8 Å². The van der Waals surface area contributed by atoms with Gasteiger partial charge in [0.15, 0.2) is 6.10 Å². The van der Waals surface area contributed by atoms with Gasteiger partial charge < -0.3 is 14.6 Å². The minimum Gasteiger partial charge on any atom is -0.488 e. The Balaban J connectivity index is 1.68. The molecule has 0 radical (unpaired) electrons. The fourth-order valence-electron chi connectivity index (χ4n) is 2.02. The quantitative estimate of drug-likeness (QED) is 0.940. The van der Waals surface area contributed by atoms with Crippen molar-refractivity contribution in [3.8, 4) is 11.5 Å². The highest BCUT2D eigenvalue weighted by molar-refractivity contribution is 7.16. The highest BCUT2D eigenvalue weighted by atomic mass is 35.5. The van der Waals surface area contributed by atoms with Crippen LogP contribution in [0.5, 0.6) is 11.5 Å². The Bertz CT molecular complexity index is 652. The van der Waals surface area contributed by atoms with Crippen LogP contribution >= 0.6 is 22.9 Å². The first-order valence-corrected chi connectivity index (χ1v) is 7.20. The molecule has 20 heavy (non-hydrogen) atoms. The Hall–Kier alpha value is -1.72. The van der Waals surface area contributed by atoms with Crippen LogP contribution in [0.3, 0.4) is 0 Å². The zero-order valence-corrected chi connectivity index (χ0v) is 11.9. The van der Waals surface area contributed by atoms with Crippen molar-refractivity contribution in [3.63, 3.8) is 0 Å². The van der Waals surface area contributed by atoms with E-state index in [0.29, 0.717) is 24.5 Å². The van der Waals surface area contributed by atoms with Gasteiger partial charge in [-0.15, -0.1) is 11.3 Å². The molecule has 0 saturated heterocycles. The Labute approximate surface area is 124 Å². The molecular weight excluding hydrogens is 300 g/mol. The monoisotopic (exact) mass is 310 g/mol. The second-order valence-corrected chi connectivity index (χ2v) is 6.21. The van der Waals surface area contributed by atoms with E-state index in [0.717, 1.165) is 14.8 Å². The third kappa shape index (κ3) is 2.73. The number of thiophene rings is 1. The van der Waals surface area contributed by atoms with Gasteiger partial charge in [0.1, 0.15) is 18.1 Å². The minimum atomic E-state index is -0.947. The summed E-state index contributed by atoms with van der Waals surface area (Å²) >= 11 is 7.32. The van der Waals surface area contributed by atoms with Crippen LogP contribution in [0.25, 0.3) is 0 Å². The van der Waals surface area contributed by atoms with E-state index in [1.54, 1.807) is 6.07 Å². The maximum atomic E-state index is 10.9. The molecule has 1 atom stereocenters. The molecule has 1 aromatic heterocycles. The van der Waals surface area contributed by atoms with Crippen LogP contribution in [0, 0.1) is 0 Å². The number of hydrogen-bond acceptors (Lipinski definition) is 4. The Morgan fingerprint density at radius 3 is 3.00 bits per heavy atom. The maximum Gasteiger partial charge on any atom is 0.345 e. The van der Waals surface area contributed by atoms with E-state index in [1.807, 2.05) is 24.3 Å². The molecule has 2 aromatic rings. The molecule has 1 N–H and O–H groups in total. The van der Waals surface area contributed by atoms with Crippen molar-refractivity contribution in [3.05, 3.63) is 45.1 Å². The molecule has 1 aromatic carbocycles. The molecule has 0 fully saturated rings. The summed E-state index contributed by atoms with van der Waals surface area (Å²) < 4.78 is 11.7. The second kappa shape index (κ2) is 5.34. The lowest BCUT2D eigenvalue weighted by Crippen LogP contribution is -2.24. The molecule has 4 nitrogen and oxygen atoms in total. The van der Waals surface area contributed by atoms with E-state index in [2.05, 4.69) is 0 Å². The van der Waals surface area contributed by atoms with Gasteiger partial charge in [0.25, 0.3) is 0 Å². The third-order valence-electron chi connectivity index (χ3n) is 3.00. The van der Waals surface area contributed by atoms with Crippen LogP contribution in [-0.4, -0.2) is 17.2 Å². The molecule has 0 spiro atoms. The Morgan fingerprint density at radius 1 is 1.45 bits per heavy atom. The summed E-state index contributed by atoms with van der Waals surface area (Å²) in [5.74, 6) is 0.287. The normalized spacial score (nSPS) is 16.6. The number of aliphatic carboxylic acids is 1. The average Bonchev–Trinajstić information content (AvgIpc) is 3.01. The van der Waals surface area contributed by atoms with Crippen molar-refractivity contribution in [2.24, 2.45) is 0 Å². The second-order valence-electron chi connectivity index (χ2n) is 4.41. The smallest absolute Gasteiger partial charge is 0.345 e. The van der Waals surface area contributed by atoms with Gasteiger partial charge in [-0.1, -0.05) is 17.7 Å². The number of hydrogen-bond donors (Lipinski definition) is 1. The molecule has 1 unspecified atom stereocenters. The number of carboxylic acid groups (broad SMARTS) is 1. The molecule has 2 heterocycles. The van der Waals surface area contributed by atoms with E-state index >= 15 is 0 Å². The highest BCUT2D eigenvalue weighted by Gasteiger charge is 2.28. The van der Waals surface area contributed by atoms with E-state index in [1.165, 1.54) is 11.3 Å². The van der Waals surface area contributed by atoms with Crippen LogP contribution in [0.4, 0.5) is 0 Å². The van der Waals surface area contributed by atoms with Crippen LogP contribution in [0.1, 0.15) is 10.4 Å².